The molecule has 1 rings (SSSR count). The molecule has 0 aliphatic heterocycles. The van der Waals surface area contributed by atoms with Crippen molar-refractivity contribution in [2.24, 2.45) is 5.73 Å². The highest BCUT2D eigenvalue weighted by molar-refractivity contribution is 7.09. The number of rotatable bonds is 3. The molecule has 2 nitrogen and oxygen atoms in total. The molecule has 0 saturated carbocycles. The van der Waals surface area contributed by atoms with Crippen LogP contribution in [0.25, 0.3) is 0 Å². The predicted molar refractivity (Wildman–Crippen MR) is 62.7 cm³/mol. The molecule has 0 aromatic carbocycles. The molecule has 1 aromatic heterocycles. The van der Waals surface area contributed by atoms with Gasteiger partial charge in [-0.15, -0.1) is 11.3 Å². The van der Waals surface area contributed by atoms with Crippen LogP contribution in [0.3, 0.4) is 0 Å². The average molecular weight is 212 g/mol. The highest BCUT2D eigenvalue weighted by Gasteiger charge is 2.19. The molecular formula is C11H20N2S. The molecule has 0 fully saturated rings. The summed E-state index contributed by atoms with van der Waals surface area (Å²) in [4.78, 5) is 4.59. The highest BCUT2D eigenvalue weighted by Crippen LogP contribution is 2.27. The maximum atomic E-state index is 6.01. The van der Waals surface area contributed by atoms with E-state index in [4.69, 9.17) is 5.73 Å². The molecule has 0 saturated heterocycles. The SMILES string of the molecule is CCCC(N)c1nc(C(C)(C)C)cs1. The molecule has 80 valence electrons. The summed E-state index contributed by atoms with van der Waals surface area (Å²) in [5, 5.41) is 3.21. The fourth-order valence-electron chi connectivity index (χ4n) is 1.24. The Hall–Kier alpha value is -0.410. The molecule has 0 spiro atoms. The Morgan fingerprint density at radius 2 is 2.14 bits per heavy atom. The van der Waals surface area contributed by atoms with Gasteiger partial charge in [-0.05, 0) is 6.42 Å². The van der Waals surface area contributed by atoms with Gasteiger partial charge in [-0.1, -0.05) is 34.1 Å². The fraction of sp³-hybridized carbons (Fsp3) is 0.727. The summed E-state index contributed by atoms with van der Waals surface area (Å²) >= 11 is 1.69. The van der Waals surface area contributed by atoms with Crippen molar-refractivity contribution in [3.63, 3.8) is 0 Å². The van der Waals surface area contributed by atoms with Crippen molar-refractivity contribution >= 4 is 11.3 Å². The van der Waals surface area contributed by atoms with Crippen molar-refractivity contribution < 1.29 is 0 Å². The molecule has 2 N–H and O–H groups in total. The van der Waals surface area contributed by atoms with Crippen LogP contribution in [-0.4, -0.2) is 4.98 Å². The number of nitrogens with zero attached hydrogens (tertiary/aromatic N) is 1. The van der Waals surface area contributed by atoms with Gasteiger partial charge in [0.1, 0.15) is 5.01 Å². The summed E-state index contributed by atoms with van der Waals surface area (Å²) in [7, 11) is 0. The van der Waals surface area contributed by atoms with Crippen molar-refractivity contribution in [3.05, 3.63) is 16.1 Å². The largest absolute Gasteiger partial charge is 0.322 e. The minimum atomic E-state index is 0.126. The van der Waals surface area contributed by atoms with E-state index in [1.165, 1.54) is 0 Å². The van der Waals surface area contributed by atoms with Gasteiger partial charge in [-0.2, -0.15) is 0 Å². The normalized spacial score (nSPS) is 14.4. The van der Waals surface area contributed by atoms with E-state index in [1.54, 1.807) is 11.3 Å². The molecule has 0 bridgehead atoms. The fourth-order valence-corrected chi connectivity index (χ4v) is 2.32. The van der Waals surface area contributed by atoms with E-state index in [0.29, 0.717) is 0 Å². The number of thiazole rings is 1. The third-order valence-electron chi connectivity index (χ3n) is 2.21. The maximum Gasteiger partial charge on any atom is 0.110 e. The molecular weight excluding hydrogens is 192 g/mol. The third kappa shape index (κ3) is 2.79. The Morgan fingerprint density at radius 1 is 1.50 bits per heavy atom. The standard InChI is InChI=1S/C11H20N2S/c1-5-6-8(12)10-13-9(7-14-10)11(2,3)4/h7-8H,5-6,12H2,1-4H3. The van der Waals surface area contributed by atoms with Crippen LogP contribution < -0.4 is 5.73 Å². The Kier molecular flexibility index (Phi) is 3.67. The first kappa shape index (κ1) is 11.7. The van der Waals surface area contributed by atoms with Gasteiger partial charge in [0.25, 0.3) is 0 Å². The molecule has 0 radical (unpaired) electrons. The van der Waals surface area contributed by atoms with Crippen LogP contribution in [0, 0.1) is 0 Å². The molecule has 0 aliphatic rings. The van der Waals surface area contributed by atoms with Crippen LogP contribution in [0.2, 0.25) is 0 Å². The molecule has 1 atom stereocenters. The van der Waals surface area contributed by atoms with E-state index in [9.17, 15) is 0 Å². The van der Waals surface area contributed by atoms with Gasteiger partial charge in [0.2, 0.25) is 0 Å². The molecule has 0 amide bonds. The molecule has 0 aliphatic carbocycles. The Morgan fingerprint density at radius 3 is 2.57 bits per heavy atom. The summed E-state index contributed by atoms with van der Waals surface area (Å²) in [5.41, 5.74) is 7.31. The van der Waals surface area contributed by atoms with E-state index in [0.717, 1.165) is 23.5 Å². The average Bonchev–Trinajstić information content (AvgIpc) is 2.51. The predicted octanol–water partition coefficient (Wildman–Crippen LogP) is 3.24. The lowest BCUT2D eigenvalue weighted by molar-refractivity contribution is 0.562. The number of hydrogen-bond donors (Lipinski definition) is 1. The van der Waals surface area contributed by atoms with Crippen LogP contribution in [-0.2, 0) is 5.41 Å². The van der Waals surface area contributed by atoms with Gasteiger partial charge in [0.15, 0.2) is 0 Å². The van der Waals surface area contributed by atoms with Gasteiger partial charge in [-0.3, -0.25) is 0 Å². The zero-order valence-corrected chi connectivity index (χ0v) is 10.3. The second-order valence-corrected chi connectivity index (χ2v) is 5.61. The number of hydrogen-bond acceptors (Lipinski definition) is 3. The van der Waals surface area contributed by atoms with Crippen molar-refractivity contribution in [3.8, 4) is 0 Å². The first-order valence-electron chi connectivity index (χ1n) is 5.16. The summed E-state index contributed by atoms with van der Waals surface area (Å²) in [6.07, 6.45) is 2.14. The molecule has 1 heterocycles. The van der Waals surface area contributed by atoms with Crippen molar-refractivity contribution in [2.45, 2.75) is 52.0 Å². The van der Waals surface area contributed by atoms with Crippen molar-refractivity contribution in [1.29, 1.82) is 0 Å². The van der Waals surface area contributed by atoms with Crippen molar-refractivity contribution in [2.75, 3.05) is 0 Å². The summed E-state index contributed by atoms with van der Waals surface area (Å²) in [5.74, 6) is 0. The first-order chi connectivity index (χ1) is 6.45. The topological polar surface area (TPSA) is 38.9 Å². The van der Waals surface area contributed by atoms with Gasteiger partial charge >= 0.3 is 0 Å². The second kappa shape index (κ2) is 4.41. The first-order valence-corrected chi connectivity index (χ1v) is 6.04. The Balaban J connectivity index is 2.78. The van der Waals surface area contributed by atoms with Gasteiger partial charge in [0.05, 0.1) is 11.7 Å². The summed E-state index contributed by atoms with van der Waals surface area (Å²) < 4.78 is 0. The molecule has 1 aromatic rings. The van der Waals surface area contributed by atoms with E-state index in [2.05, 4.69) is 38.1 Å². The van der Waals surface area contributed by atoms with Crippen LogP contribution in [0.5, 0.6) is 0 Å². The van der Waals surface area contributed by atoms with E-state index in [1.807, 2.05) is 0 Å². The highest BCUT2D eigenvalue weighted by atomic mass is 32.1. The summed E-state index contributed by atoms with van der Waals surface area (Å²) in [6.45, 7) is 8.68. The van der Waals surface area contributed by atoms with Crippen LogP contribution >= 0.6 is 11.3 Å². The quantitative estimate of drug-likeness (QED) is 0.835. The Labute approximate surface area is 90.6 Å². The van der Waals surface area contributed by atoms with E-state index >= 15 is 0 Å². The van der Waals surface area contributed by atoms with E-state index < -0.39 is 0 Å². The van der Waals surface area contributed by atoms with Crippen molar-refractivity contribution in [1.82, 2.24) is 4.98 Å². The Bertz CT molecular complexity index is 286. The van der Waals surface area contributed by atoms with Crippen LogP contribution in [0.15, 0.2) is 5.38 Å². The third-order valence-corrected chi connectivity index (χ3v) is 3.18. The maximum absolute atomic E-state index is 6.01. The zero-order chi connectivity index (χ0) is 10.8. The van der Waals surface area contributed by atoms with Crippen LogP contribution in [0.1, 0.15) is 57.3 Å². The minimum absolute atomic E-state index is 0.126. The van der Waals surface area contributed by atoms with Crippen LogP contribution in [0.4, 0.5) is 0 Å². The van der Waals surface area contributed by atoms with E-state index in [-0.39, 0.29) is 11.5 Å². The number of nitrogens with two attached hydrogens (primary N) is 1. The molecule has 1 unspecified atom stereocenters. The second-order valence-electron chi connectivity index (χ2n) is 4.72. The monoisotopic (exact) mass is 212 g/mol. The zero-order valence-electron chi connectivity index (χ0n) is 9.50. The van der Waals surface area contributed by atoms with Gasteiger partial charge in [-0.25, -0.2) is 4.98 Å². The lowest BCUT2D eigenvalue weighted by Gasteiger charge is -2.14. The lowest BCUT2D eigenvalue weighted by atomic mass is 9.93. The number of aromatic nitrogens is 1. The minimum Gasteiger partial charge on any atom is -0.322 e. The smallest absolute Gasteiger partial charge is 0.110 e. The molecule has 3 heteroatoms. The molecule has 14 heavy (non-hydrogen) atoms. The lowest BCUT2D eigenvalue weighted by Crippen LogP contribution is -2.14. The summed E-state index contributed by atoms with van der Waals surface area (Å²) in [6, 6.07) is 0.126. The van der Waals surface area contributed by atoms with Gasteiger partial charge < -0.3 is 5.73 Å². The van der Waals surface area contributed by atoms with Gasteiger partial charge in [0, 0.05) is 10.8 Å².